The molecule has 0 radical (unpaired) electrons. The van der Waals surface area contributed by atoms with Crippen molar-refractivity contribution in [1.29, 1.82) is 0 Å². The third-order valence-electron chi connectivity index (χ3n) is 6.04. The minimum absolute atomic E-state index is 0. The largest absolute Gasteiger partial charge is 0.357 e. The molecule has 3 heterocycles. The summed E-state index contributed by atoms with van der Waals surface area (Å²) in [4.78, 5) is 16.3. The molecule has 0 amide bonds. The zero-order valence-electron chi connectivity index (χ0n) is 19.2. The molecule has 2 aliphatic rings. The zero-order chi connectivity index (χ0) is 21.8. The second-order valence-electron chi connectivity index (χ2n) is 8.62. The molecule has 0 aliphatic carbocycles. The first-order valence-electron chi connectivity index (χ1n) is 10.9. The molecule has 0 saturated carbocycles. The summed E-state index contributed by atoms with van der Waals surface area (Å²) in [6.07, 6.45) is 1.90. The van der Waals surface area contributed by atoms with Gasteiger partial charge in [0.05, 0.1) is 17.0 Å². The normalized spacial score (nSPS) is 21.5. The summed E-state index contributed by atoms with van der Waals surface area (Å²) in [5.41, 5.74) is 1.05. The van der Waals surface area contributed by atoms with Crippen LogP contribution in [0.5, 0.6) is 0 Å². The summed E-state index contributed by atoms with van der Waals surface area (Å²) in [7, 11) is -3.07. The molecule has 0 aromatic carbocycles. The lowest BCUT2D eigenvalue weighted by Gasteiger charge is -2.39. The van der Waals surface area contributed by atoms with E-state index in [9.17, 15) is 8.42 Å². The average Bonchev–Trinajstić information content (AvgIpc) is 2.74. The number of anilines is 1. The van der Waals surface area contributed by atoms with Gasteiger partial charge in [-0.25, -0.2) is 18.4 Å². The van der Waals surface area contributed by atoms with E-state index in [4.69, 9.17) is 4.99 Å². The first-order chi connectivity index (χ1) is 14.3. The van der Waals surface area contributed by atoms with Gasteiger partial charge >= 0.3 is 0 Å². The Hall–Kier alpha value is -1.14. The Morgan fingerprint density at radius 1 is 1.16 bits per heavy atom. The minimum atomic E-state index is -3.07. The van der Waals surface area contributed by atoms with E-state index in [0.29, 0.717) is 19.6 Å². The third kappa shape index (κ3) is 6.44. The van der Waals surface area contributed by atoms with Gasteiger partial charge in [-0.3, -0.25) is 0 Å². The summed E-state index contributed by atoms with van der Waals surface area (Å²) in [5.74, 6) is 1.94. The van der Waals surface area contributed by atoms with Crippen LogP contribution in [0.25, 0.3) is 0 Å². The van der Waals surface area contributed by atoms with Crippen molar-refractivity contribution >= 4 is 45.6 Å². The number of hydrogen-bond donors (Lipinski definition) is 1. The van der Waals surface area contributed by atoms with Gasteiger partial charge in [-0.1, -0.05) is 13.0 Å². The first-order valence-corrected chi connectivity index (χ1v) is 12.6. The van der Waals surface area contributed by atoms with Gasteiger partial charge in [0.25, 0.3) is 0 Å². The lowest BCUT2D eigenvalue weighted by atomic mass is 10.2. The SMILES string of the molecule is CCNC(=NCc1ccc(N2CCN(CC)CC2)nc1)N1CCS(=O)(=O)C(C)(C)C1.I. The maximum absolute atomic E-state index is 12.3. The Labute approximate surface area is 204 Å². The molecule has 1 N–H and O–H groups in total. The molecule has 176 valence electrons. The second-order valence-corrected chi connectivity index (χ2v) is 11.4. The fourth-order valence-corrected chi connectivity index (χ4v) is 5.27. The van der Waals surface area contributed by atoms with Gasteiger partial charge in [-0.05, 0) is 38.9 Å². The number of nitrogens with one attached hydrogen (secondary N) is 1. The molecule has 2 saturated heterocycles. The van der Waals surface area contributed by atoms with E-state index in [1.54, 1.807) is 13.8 Å². The molecule has 8 nitrogen and oxygen atoms in total. The molecule has 2 aliphatic heterocycles. The number of piperazine rings is 1. The lowest BCUT2D eigenvalue weighted by Crippen LogP contribution is -2.57. The highest BCUT2D eigenvalue weighted by Crippen LogP contribution is 2.24. The molecule has 10 heteroatoms. The second kappa shape index (κ2) is 11.1. The van der Waals surface area contributed by atoms with E-state index in [1.807, 2.05) is 13.1 Å². The Balaban J connectivity index is 0.00000341. The predicted octanol–water partition coefficient (Wildman–Crippen LogP) is 1.82. The Morgan fingerprint density at radius 3 is 2.42 bits per heavy atom. The maximum atomic E-state index is 12.3. The van der Waals surface area contributed by atoms with E-state index >= 15 is 0 Å². The van der Waals surface area contributed by atoms with Gasteiger partial charge in [0.15, 0.2) is 15.8 Å². The van der Waals surface area contributed by atoms with E-state index < -0.39 is 14.6 Å². The average molecular weight is 565 g/mol. The quantitative estimate of drug-likeness (QED) is 0.332. The van der Waals surface area contributed by atoms with Crippen LogP contribution in [0, 0.1) is 0 Å². The monoisotopic (exact) mass is 564 g/mol. The van der Waals surface area contributed by atoms with E-state index in [-0.39, 0.29) is 29.7 Å². The topological polar surface area (TPSA) is 81.1 Å². The summed E-state index contributed by atoms with van der Waals surface area (Å²) >= 11 is 0. The zero-order valence-corrected chi connectivity index (χ0v) is 22.3. The van der Waals surface area contributed by atoms with Gasteiger partial charge in [0.2, 0.25) is 0 Å². The lowest BCUT2D eigenvalue weighted by molar-refractivity contribution is 0.270. The van der Waals surface area contributed by atoms with Crippen molar-refractivity contribution in [2.75, 3.05) is 63.0 Å². The number of guanidine groups is 1. The van der Waals surface area contributed by atoms with Gasteiger partial charge in [-0.15, -0.1) is 24.0 Å². The molecule has 1 aromatic rings. The molecule has 0 bridgehead atoms. The standard InChI is InChI=1S/C21H36N6O2S.HI/c1-5-22-20(27-13-14-30(28,29)21(3,4)17-27)24-16-18-7-8-19(23-15-18)26-11-9-25(6-2)10-12-26;/h7-8,15H,5-6,9-14,16-17H2,1-4H3,(H,22,24);1H. The molecule has 3 rings (SSSR count). The molecule has 1 aromatic heterocycles. The minimum Gasteiger partial charge on any atom is -0.357 e. The van der Waals surface area contributed by atoms with Crippen LogP contribution < -0.4 is 10.2 Å². The number of rotatable bonds is 5. The fourth-order valence-electron chi connectivity index (χ4n) is 3.91. The molecule has 31 heavy (non-hydrogen) atoms. The molecule has 0 unspecified atom stereocenters. The summed E-state index contributed by atoms with van der Waals surface area (Å²) in [5, 5.41) is 3.31. The van der Waals surface area contributed by atoms with Crippen molar-refractivity contribution in [2.45, 2.75) is 39.0 Å². The number of hydrogen-bond acceptors (Lipinski definition) is 6. The molecule has 0 spiro atoms. The summed E-state index contributed by atoms with van der Waals surface area (Å²) < 4.78 is 23.8. The first kappa shape index (κ1) is 26.1. The number of sulfone groups is 1. The number of pyridine rings is 1. The highest BCUT2D eigenvalue weighted by atomic mass is 127. The number of halogens is 1. The Bertz CT molecular complexity index is 836. The van der Waals surface area contributed by atoms with Gasteiger partial charge in [0.1, 0.15) is 5.82 Å². The van der Waals surface area contributed by atoms with Crippen molar-refractivity contribution in [3.05, 3.63) is 23.9 Å². The van der Waals surface area contributed by atoms with Crippen molar-refractivity contribution in [3.63, 3.8) is 0 Å². The summed E-state index contributed by atoms with van der Waals surface area (Å²) in [6.45, 7) is 15.3. The highest BCUT2D eigenvalue weighted by molar-refractivity contribution is 14.0. The number of likely N-dealkylation sites (N-methyl/N-ethyl adjacent to an activating group) is 1. The Kier molecular flexibility index (Phi) is 9.38. The third-order valence-corrected chi connectivity index (χ3v) is 8.57. The molecular formula is C21H37IN6O2S. The number of aliphatic imine (C=N–C) groups is 1. The van der Waals surface area contributed by atoms with Crippen molar-refractivity contribution in [2.24, 2.45) is 4.99 Å². The molecular weight excluding hydrogens is 527 g/mol. The maximum Gasteiger partial charge on any atom is 0.194 e. The van der Waals surface area contributed by atoms with E-state index in [1.165, 1.54) is 0 Å². The smallest absolute Gasteiger partial charge is 0.194 e. The van der Waals surface area contributed by atoms with Crippen molar-refractivity contribution < 1.29 is 8.42 Å². The van der Waals surface area contributed by atoms with Crippen molar-refractivity contribution in [3.8, 4) is 0 Å². The van der Waals surface area contributed by atoms with Crippen molar-refractivity contribution in [1.82, 2.24) is 20.1 Å². The Morgan fingerprint density at radius 2 is 1.87 bits per heavy atom. The van der Waals surface area contributed by atoms with Crippen LogP contribution in [0.3, 0.4) is 0 Å². The van der Waals surface area contributed by atoms with Crippen LogP contribution >= 0.6 is 24.0 Å². The molecule has 0 atom stereocenters. The van der Waals surface area contributed by atoms with Gasteiger partial charge in [0, 0.05) is 52.0 Å². The number of nitrogens with zero attached hydrogens (tertiary/aromatic N) is 5. The van der Waals surface area contributed by atoms with Crippen LogP contribution in [0.4, 0.5) is 5.82 Å². The van der Waals surface area contributed by atoms with Crippen LogP contribution in [0.15, 0.2) is 23.3 Å². The summed E-state index contributed by atoms with van der Waals surface area (Å²) in [6, 6.07) is 4.17. The van der Waals surface area contributed by atoms with Crippen LogP contribution in [-0.4, -0.2) is 92.0 Å². The predicted molar refractivity (Wildman–Crippen MR) is 138 cm³/mol. The van der Waals surface area contributed by atoms with E-state index in [0.717, 1.165) is 56.6 Å². The van der Waals surface area contributed by atoms with Crippen LogP contribution in [0.2, 0.25) is 0 Å². The van der Waals surface area contributed by atoms with E-state index in [2.05, 4.69) is 44.1 Å². The fraction of sp³-hybridized carbons (Fsp3) is 0.714. The van der Waals surface area contributed by atoms with Crippen LogP contribution in [0.1, 0.15) is 33.3 Å². The van der Waals surface area contributed by atoms with Crippen LogP contribution in [-0.2, 0) is 16.4 Å². The van der Waals surface area contributed by atoms with Gasteiger partial charge in [-0.2, -0.15) is 0 Å². The van der Waals surface area contributed by atoms with Gasteiger partial charge < -0.3 is 20.0 Å². The molecule has 2 fully saturated rings. The number of aromatic nitrogens is 1. The highest BCUT2D eigenvalue weighted by Gasteiger charge is 2.40.